The Bertz CT molecular complexity index is 358. The van der Waals surface area contributed by atoms with Crippen molar-refractivity contribution in [2.75, 3.05) is 6.54 Å². The third-order valence-corrected chi connectivity index (χ3v) is 3.56. The SMILES string of the molecule is CC(C)OC(=O)CN(Cc1cccs1)C1CC1. The van der Waals surface area contributed by atoms with E-state index in [2.05, 4.69) is 22.4 Å². The molecular weight excluding hydrogens is 234 g/mol. The van der Waals surface area contributed by atoms with Gasteiger partial charge in [-0.15, -0.1) is 11.3 Å². The molecular formula is C13H19NO2S. The van der Waals surface area contributed by atoms with Crippen molar-refractivity contribution in [3.63, 3.8) is 0 Å². The summed E-state index contributed by atoms with van der Waals surface area (Å²) in [5.41, 5.74) is 0. The molecule has 1 aromatic rings. The molecule has 1 heterocycles. The second-order valence-electron chi connectivity index (χ2n) is 4.75. The van der Waals surface area contributed by atoms with E-state index >= 15 is 0 Å². The molecule has 0 N–H and O–H groups in total. The topological polar surface area (TPSA) is 29.5 Å². The molecule has 1 aromatic heterocycles. The Morgan fingerprint density at radius 3 is 2.88 bits per heavy atom. The van der Waals surface area contributed by atoms with Crippen LogP contribution in [0.5, 0.6) is 0 Å². The molecule has 0 saturated heterocycles. The minimum Gasteiger partial charge on any atom is -0.462 e. The van der Waals surface area contributed by atoms with E-state index in [1.165, 1.54) is 17.7 Å². The van der Waals surface area contributed by atoms with Crippen LogP contribution in [-0.2, 0) is 16.1 Å². The second kappa shape index (κ2) is 5.65. The fraction of sp³-hybridized carbons (Fsp3) is 0.615. The number of esters is 1. The lowest BCUT2D eigenvalue weighted by molar-refractivity contribution is -0.149. The van der Waals surface area contributed by atoms with Crippen LogP contribution in [0.2, 0.25) is 0 Å². The zero-order chi connectivity index (χ0) is 12.3. The summed E-state index contributed by atoms with van der Waals surface area (Å²) in [5, 5.41) is 2.08. The van der Waals surface area contributed by atoms with E-state index in [1.54, 1.807) is 11.3 Å². The van der Waals surface area contributed by atoms with Gasteiger partial charge < -0.3 is 4.74 Å². The predicted octanol–water partition coefficient (Wildman–Crippen LogP) is 2.66. The predicted molar refractivity (Wildman–Crippen MR) is 69.0 cm³/mol. The monoisotopic (exact) mass is 253 g/mol. The lowest BCUT2D eigenvalue weighted by Gasteiger charge is -2.20. The molecule has 0 unspecified atom stereocenters. The first-order chi connectivity index (χ1) is 8.15. The van der Waals surface area contributed by atoms with Gasteiger partial charge in [0.25, 0.3) is 0 Å². The largest absolute Gasteiger partial charge is 0.462 e. The van der Waals surface area contributed by atoms with E-state index in [4.69, 9.17) is 4.74 Å². The Labute approximate surface area is 106 Å². The van der Waals surface area contributed by atoms with E-state index in [1.807, 2.05) is 13.8 Å². The lowest BCUT2D eigenvalue weighted by atomic mass is 10.4. The highest BCUT2D eigenvalue weighted by Gasteiger charge is 2.30. The number of thiophene rings is 1. The van der Waals surface area contributed by atoms with Crippen LogP contribution < -0.4 is 0 Å². The van der Waals surface area contributed by atoms with Gasteiger partial charge in [0.2, 0.25) is 0 Å². The van der Waals surface area contributed by atoms with Crippen molar-refractivity contribution in [1.29, 1.82) is 0 Å². The Balaban J connectivity index is 1.87. The van der Waals surface area contributed by atoms with Gasteiger partial charge in [-0.1, -0.05) is 6.07 Å². The smallest absolute Gasteiger partial charge is 0.320 e. The van der Waals surface area contributed by atoms with Gasteiger partial charge in [0, 0.05) is 17.5 Å². The van der Waals surface area contributed by atoms with Gasteiger partial charge in [0.1, 0.15) is 0 Å². The zero-order valence-electron chi connectivity index (χ0n) is 10.4. The zero-order valence-corrected chi connectivity index (χ0v) is 11.2. The van der Waals surface area contributed by atoms with Crippen LogP contribution in [0, 0.1) is 0 Å². The van der Waals surface area contributed by atoms with Crippen molar-refractivity contribution in [2.24, 2.45) is 0 Å². The van der Waals surface area contributed by atoms with Crippen LogP contribution in [-0.4, -0.2) is 29.6 Å². The van der Waals surface area contributed by atoms with Gasteiger partial charge in [-0.3, -0.25) is 9.69 Å². The number of hydrogen-bond donors (Lipinski definition) is 0. The molecule has 2 rings (SSSR count). The normalized spacial score (nSPS) is 15.5. The van der Waals surface area contributed by atoms with Crippen LogP contribution >= 0.6 is 11.3 Å². The maximum atomic E-state index is 11.7. The van der Waals surface area contributed by atoms with Crippen LogP contribution in [0.3, 0.4) is 0 Å². The Kier molecular flexibility index (Phi) is 4.18. The maximum absolute atomic E-state index is 11.7. The molecule has 0 radical (unpaired) electrons. The van der Waals surface area contributed by atoms with Gasteiger partial charge in [-0.25, -0.2) is 0 Å². The molecule has 1 fully saturated rings. The fourth-order valence-electron chi connectivity index (χ4n) is 1.82. The quantitative estimate of drug-likeness (QED) is 0.730. The summed E-state index contributed by atoms with van der Waals surface area (Å²) >= 11 is 1.74. The molecule has 3 nitrogen and oxygen atoms in total. The van der Waals surface area contributed by atoms with Crippen molar-refractivity contribution in [3.8, 4) is 0 Å². The van der Waals surface area contributed by atoms with Crippen LogP contribution in [0.15, 0.2) is 17.5 Å². The molecule has 0 aliphatic heterocycles. The van der Waals surface area contributed by atoms with Crippen molar-refractivity contribution >= 4 is 17.3 Å². The average Bonchev–Trinajstić information content (AvgIpc) is 2.96. The third-order valence-electron chi connectivity index (χ3n) is 2.70. The number of nitrogens with zero attached hydrogens (tertiary/aromatic N) is 1. The second-order valence-corrected chi connectivity index (χ2v) is 5.79. The van der Waals surface area contributed by atoms with Crippen molar-refractivity contribution in [2.45, 2.75) is 45.4 Å². The Hall–Kier alpha value is -0.870. The van der Waals surface area contributed by atoms with Crippen LogP contribution in [0.25, 0.3) is 0 Å². The average molecular weight is 253 g/mol. The standard InChI is InChI=1S/C13H19NO2S/c1-10(2)16-13(15)9-14(11-5-6-11)8-12-4-3-7-17-12/h3-4,7,10-11H,5-6,8-9H2,1-2H3. The highest BCUT2D eigenvalue weighted by molar-refractivity contribution is 7.09. The van der Waals surface area contributed by atoms with E-state index < -0.39 is 0 Å². The molecule has 0 amide bonds. The van der Waals surface area contributed by atoms with E-state index in [0.717, 1.165) is 6.54 Å². The minimum atomic E-state index is -0.108. The maximum Gasteiger partial charge on any atom is 0.320 e. The third kappa shape index (κ3) is 4.13. The van der Waals surface area contributed by atoms with E-state index in [0.29, 0.717) is 12.6 Å². The molecule has 1 aliphatic carbocycles. The summed E-state index contributed by atoms with van der Waals surface area (Å²) in [6, 6.07) is 4.75. The van der Waals surface area contributed by atoms with Gasteiger partial charge in [0.15, 0.2) is 0 Å². The van der Waals surface area contributed by atoms with E-state index in [9.17, 15) is 4.79 Å². The summed E-state index contributed by atoms with van der Waals surface area (Å²) in [5.74, 6) is -0.108. The van der Waals surface area contributed by atoms with Crippen molar-refractivity contribution in [3.05, 3.63) is 22.4 Å². The van der Waals surface area contributed by atoms with Gasteiger partial charge in [0.05, 0.1) is 12.6 Å². The number of ether oxygens (including phenoxy) is 1. The first-order valence-corrected chi connectivity index (χ1v) is 6.99. The first kappa shape index (κ1) is 12.6. The van der Waals surface area contributed by atoms with Gasteiger partial charge >= 0.3 is 5.97 Å². The number of carbonyl (C=O) groups excluding carboxylic acids is 1. The molecule has 0 bridgehead atoms. The summed E-state index contributed by atoms with van der Waals surface area (Å²) in [4.78, 5) is 15.2. The molecule has 0 atom stereocenters. The first-order valence-electron chi connectivity index (χ1n) is 6.11. The summed E-state index contributed by atoms with van der Waals surface area (Å²) < 4.78 is 5.20. The molecule has 0 aromatic carbocycles. The highest BCUT2D eigenvalue weighted by atomic mass is 32.1. The molecule has 4 heteroatoms. The lowest BCUT2D eigenvalue weighted by Crippen LogP contribution is -2.33. The van der Waals surface area contributed by atoms with Crippen molar-refractivity contribution < 1.29 is 9.53 Å². The fourth-order valence-corrected chi connectivity index (χ4v) is 2.55. The van der Waals surface area contributed by atoms with Crippen LogP contribution in [0.1, 0.15) is 31.6 Å². The number of rotatable bonds is 6. The molecule has 1 aliphatic rings. The van der Waals surface area contributed by atoms with Crippen LogP contribution in [0.4, 0.5) is 0 Å². The number of carbonyl (C=O) groups is 1. The van der Waals surface area contributed by atoms with Gasteiger partial charge in [-0.2, -0.15) is 0 Å². The summed E-state index contributed by atoms with van der Waals surface area (Å²) in [6.07, 6.45) is 2.39. The molecule has 1 saturated carbocycles. The molecule has 94 valence electrons. The molecule has 0 spiro atoms. The summed E-state index contributed by atoms with van der Waals surface area (Å²) in [7, 11) is 0. The number of hydrogen-bond acceptors (Lipinski definition) is 4. The minimum absolute atomic E-state index is 0.0229. The van der Waals surface area contributed by atoms with Gasteiger partial charge in [-0.05, 0) is 38.1 Å². The molecule has 17 heavy (non-hydrogen) atoms. The Morgan fingerprint density at radius 2 is 2.35 bits per heavy atom. The highest BCUT2D eigenvalue weighted by Crippen LogP contribution is 2.28. The van der Waals surface area contributed by atoms with E-state index in [-0.39, 0.29) is 12.1 Å². The van der Waals surface area contributed by atoms with Crippen molar-refractivity contribution in [1.82, 2.24) is 4.90 Å². The summed E-state index contributed by atoms with van der Waals surface area (Å²) in [6.45, 7) is 5.06. The Morgan fingerprint density at radius 1 is 1.59 bits per heavy atom.